The van der Waals surface area contributed by atoms with E-state index in [4.69, 9.17) is 14.2 Å². The van der Waals surface area contributed by atoms with Gasteiger partial charge in [-0.15, -0.1) is 0 Å². The second-order valence-corrected chi connectivity index (χ2v) is 5.82. The van der Waals surface area contributed by atoms with Gasteiger partial charge in [0.25, 0.3) is 0 Å². The third-order valence-corrected chi connectivity index (χ3v) is 4.95. The fourth-order valence-electron chi connectivity index (χ4n) is 3.44. The van der Waals surface area contributed by atoms with Crippen molar-refractivity contribution in [2.75, 3.05) is 20.8 Å². The Morgan fingerprint density at radius 3 is 2.56 bits per heavy atom. The first-order valence-corrected chi connectivity index (χ1v) is 6.18. The van der Waals surface area contributed by atoms with Crippen LogP contribution in [0.15, 0.2) is 0 Å². The van der Waals surface area contributed by atoms with Crippen molar-refractivity contribution < 1.29 is 14.2 Å². The minimum atomic E-state index is -0.192. The van der Waals surface area contributed by atoms with E-state index in [1.54, 1.807) is 14.2 Å². The lowest BCUT2D eigenvalue weighted by Crippen LogP contribution is -2.57. The van der Waals surface area contributed by atoms with Gasteiger partial charge in [-0.3, -0.25) is 0 Å². The van der Waals surface area contributed by atoms with Crippen molar-refractivity contribution in [2.24, 2.45) is 11.3 Å². The number of hydrogen-bond acceptors (Lipinski definition) is 3. The Balaban J connectivity index is 2.33. The second-order valence-electron chi connectivity index (χ2n) is 5.82. The first kappa shape index (κ1) is 12.3. The third-order valence-electron chi connectivity index (χ3n) is 4.95. The van der Waals surface area contributed by atoms with E-state index >= 15 is 0 Å². The van der Waals surface area contributed by atoms with Crippen molar-refractivity contribution in [1.82, 2.24) is 0 Å². The van der Waals surface area contributed by atoms with E-state index in [1.165, 1.54) is 6.42 Å². The highest BCUT2D eigenvalue weighted by atomic mass is 16.6. The van der Waals surface area contributed by atoms with E-state index in [0.717, 1.165) is 13.0 Å². The zero-order chi connectivity index (χ0) is 12.0. The molecule has 2 rings (SSSR count). The molecule has 1 aliphatic carbocycles. The summed E-state index contributed by atoms with van der Waals surface area (Å²) in [6.45, 7) is 7.33. The van der Waals surface area contributed by atoms with Crippen LogP contribution in [0.1, 0.15) is 33.6 Å². The minimum absolute atomic E-state index is 0.0215. The van der Waals surface area contributed by atoms with Crippen LogP contribution in [-0.2, 0) is 14.2 Å². The molecule has 0 unspecified atom stereocenters. The van der Waals surface area contributed by atoms with Crippen molar-refractivity contribution in [2.45, 2.75) is 51.4 Å². The maximum atomic E-state index is 5.98. The van der Waals surface area contributed by atoms with Gasteiger partial charge in [-0.05, 0) is 32.6 Å². The van der Waals surface area contributed by atoms with Crippen LogP contribution in [0.3, 0.4) is 0 Å². The Labute approximate surface area is 98.4 Å². The van der Waals surface area contributed by atoms with Gasteiger partial charge in [0.1, 0.15) is 0 Å². The van der Waals surface area contributed by atoms with Crippen molar-refractivity contribution in [1.29, 1.82) is 0 Å². The second kappa shape index (κ2) is 3.97. The summed E-state index contributed by atoms with van der Waals surface area (Å²) in [5.74, 6) is 0.591. The predicted molar refractivity (Wildman–Crippen MR) is 62.5 cm³/mol. The Morgan fingerprint density at radius 1 is 1.31 bits per heavy atom. The largest absolute Gasteiger partial charge is 0.378 e. The molecule has 0 aromatic rings. The summed E-state index contributed by atoms with van der Waals surface area (Å²) < 4.78 is 17.4. The summed E-state index contributed by atoms with van der Waals surface area (Å²) in [6.07, 6.45) is 2.75. The summed E-state index contributed by atoms with van der Waals surface area (Å²) in [7, 11) is 3.58. The standard InChI is InChI=1S/C13H24O3/c1-9-6-7-13(12(2,3)15-5)8-16-10(9)11(13)14-4/h9-11H,6-8H2,1-5H3/t9-,10+,11+,13-/m1/s1. The van der Waals surface area contributed by atoms with E-state index in [2.05, 4.69) is 20.8 Å². The van der Waals surface area contributed by atoms with Crippen molar-refractivity contribution >= 4 is 0 Å². The van der Waals surface area contributed by atoms with Gasteiger partial charge in [-0.2, -0.15) is 0 Å². The Hall–Kier alpha value is -0.120. The molecule has 3 heteroatoms. The molecule has 2 bridgehead atoms. The van der Waals surface area contributed by atoms with E-state index < -0.39 is 0 Å². The molecular formula is C13H24O3. The van der Waals surface area contributed by atoms with E-state index in [-0.39, 0.29) is 23.2 Å². The lowest BCUT2D eigenvalue weighted by atomic mass is 9.62. The number of methoxy groups -OCH3 is 2. The monoisotopic (exact) mass is 228 g/mol. The molecule has 1 saturated heterocycles. The molecule has 4 atom stereocenters. The number of ether oxygens (including phenoxy) is 3. The lowest BCUT2D eigenvalue weighted by Gasteiger charge is -2.49. The number of hydrogen-bond donors (Lipinski definition) is 0. The Morgan fingerprint density at radius 2 is 2.00 bits per heavy atom. The van der Waals surface area contributed by atoms with E-state index in [9.17, 15) is 0 Å². The number of rotatable bonds is 3. The molecule has 1 heterocycles. The normalized spacial score (nSPS) is 43.7. The fourth-order valence-corrected chi connectivity index (χ4v) is 3.44. The van der Waals surface area contributed by atoms with Crippen LogP contribution in [0, 0.1) is 11.3 Å². The summed E-state index contributed by atoms with van der Waals surface area (Å²) in [4.78, 5) is 0. The van der Waals surface area contributed by atoms with Crippen LogP contribution >= 0.6 is 0 Å². The fraction of sp³-hybridized carbons (Fsp3) is 1.00. The average Bonchev–Trinajstić information content (AvgIpc) is 2.57. The summed E-state index contributed by atoms with van der Waals surface area (Å²) >= 11 is 0. The molecule has 0 N–H and O–H groups in total. The summed E-state index contributed by atoms with van der Waals surface area (Å²) in [5.41, 5.74) is -0.170. The lowest BCUT2D eigenvalue weighted by molar-refractivity contribution is -0.155. The molecule has 0 aromatic heterocycles. The van der Waals surface area contributed by atoms with Gasteiger partial charge >= 0.3 is 0 Å². The Kier molecular flexibility index (Phi) is 3.06. The first-order chi connectivity index (χ1) is 7.48. The van der Waals surface area contributed by atoms with Gasteiger partial charge in [0, 0.05) is 14.2 Å². The molecule has 0 radical (unpaired) electrons. The maximum absolute atomic E-state index is 5.98. The molecule has 0 amide bonds. The average molecular weight is 228 g/mol. The topological polar surface area (TPSA) is 27.7 Å². The van der Waals surface area contributed by atoms with Gasteiger partial charge in [-0.25, -0.2) is 0 Å². The molecule has 0 spiro atoms. The number of fused-ring (bicyclic) bond motifs is 2. The van der Waals surface area contributed by atoms with Crippen LogP contribution in [0.4, 0.5) is 0 Å². The first-order valence-electron chi connectivity index (χ1n) is 6.18. The quantitative estimate of drug-likeness (QED) is 0.741. The molecule has 1 saturated carbocycles. The van der Waals surface area contributed by atoms with Crippen LogP contribution in [0.25, 0.3) is 0 Å². The SMILES string of the molecule is CO[C@H]1[C@H]2OC[C@]1(C(C)(C)OC)CC[C@H]2C. The molecule has 94 valence electrons. The van der Waals surface area contributed by atoms with Crippen molar-refractivity contribution in [3.05, 3.63) is 0 Å². The molecule has 16 heavy (non-hydrogen) atoms. The molecule has 3 nitrogen and oxygen atoms in total. The van der Waals surface area contributed by atoms with Gasteiger partial charge in [0.15, 0.2) is 0 Å². The molecule has 0 aromatic carbocycles. The highest BCUT2D eigenvalue weighted by molar-refractivity contribution is 5.10. The van der Waals surface area contributed by atoms with Crippen LogP contribution in [0.2, 0.25) is 0 Å². The van der Waals surface area contributed by atoms with Gasteiger partial charge in [0.05, 0.1) is 29.8 Å². The Bertz CT molecular complexity index is 264. The van der Waals surface area contributed by atoms with E-state index in [0.29, 0.717) is 5.92 Å². The summed E-state index contributed by atoms with van der Waals surface area (Å²) in [6, 6.07) is 0. The molecule has 1 aliphatic heterocycles. The maximum Gasteiger partial charge on any atom is 0.0941 e. The van der Waals surface area contributed by atoms with E-state index in [1.807, 2.05) is 0 Å². The van der Waals surface area contributed by atoms with Crippen molar-refractivity contribution in [3.8, 4) is 0 Å². The van der Waals surface area contributed by atoms with Crippen LogP contribution in [-0.4, -0.2) is 38.6 Å². The highest BCUT2D eigenvalue weighted by Gasteiger charge is 2.61. The molecule has 2 fully saturated rings. The smallest absolute Gasteiger partial charge is 0.0941 e. The van der Waals surface area contributed by atoms with Crippen LogP contribution < -0.4 is 0 Å². The molecule has 2 aliphatic rings. The zero-order valence-corrected chi connectivity index (χ0v) is 11.1. The zero-order valence-electron chi connectivity index (χ0n) is 11.1. The van der Waals surface area contributed by atoms with Crippen molar-refractivity contribution in [3.63, 3.8) is 0 Å². The van der Waals surface area contributed by atoms with Gasteiger partial charge < -0.3 is 14.2 Å². The minimum Gasteiger partial charge on any atom is -0.378 e. The third kappa shape index (κ3) is 1.45. The van der Waals surface area contributed by atoms with Crippen LogP contribution in [0.5, 0.6) is 0 Å². The molecular weight excluding hydrogens is 204 g/mol. The predicted octanol–water partition coefficient (Wildman–Crippen LogP) is 2.24. The van der Waals surface area contributed by atoms with Gasteiger partial charge in [-0.1, -0.05) is 6.92 Å². The highest BCUT2D eigenvalue weighted by Crippen LogP contribution is 2.54. The summed E-state index contributed by atoms with van der Waals surface area (Å²) in [5, 5.41) is 0. The van der Waals surface area contributed by atoms with Gasteiger partial charge in [0.2, 0.25) is 0 Å².